The molecule has 2 aromatic carbocycles. The van der Waals surface area contributed by atoms with Gasteiger partial charge in [0.15, 0.2) is 17.9 Å². The number of fused-ring (bicyclic) bond motifs is 3. The van der Waals surface area contributed by atoms with E-state index in [0.717, 1.165) is 0 Å². The van der Waals surface area contributed by atoms with E-state index in [9.17, 15) is 39.9 Å². The molecule has 12 heteroatoms. The maximum Gasteiger partial charge on any atom is 0.202 e. The molecule has 1 saturated heterocycles. The summed E-state index contributed by atoms with van der Waals surface area (Å²) >= 11 is 0. The van der Waals surface area contributed by atoms with Crippen LogP contribution < -0.4 is 10.5 Å². The molecule has 0 radical (unpaired) electrons. The van der Waals surface area contributed by atoms with Crippen LogP contribution in [-0.4, -0.2) is 86.7 Å². The minimum atomic E-state index is -2.40. The topological polar surface area (TPSA) is 206 Å². The molecule has 3 aliphatic rings. The van der Waals surface area contributed by atoms with Gasteiger partial charge >= 0.3 is 0 Å². The van der Waals surface area contributed by atoms with Crippen molar-refractivity contribution < 1.29 is 54.1 Å². The average Bonchev–Trinajstić information content (AvgIpc) is 2.98. The molecular weight excluding hydrogens is 586 g/mol. The fraction of sp³-hybridized carbons (Fsp3) is 0.545. The number of aliphatic hydroxyl groups excluding tert-OH is 2. The van der Waals surface area contributed by atoms with E-state index in [4.69, 9.17) is 19.9 Å². The molecule has 0 amide bonds. The molecule has 1 fully saturated rings. The molecule has 1 aliphatic heterocycles. The van der Waals surface area contributed by atoms with Gasteiger partial charge in [0.25, 0.3) is 0 Å². The second-order valence-electron chi connectivity index (χ2n) is 13.0. The number of Topliss-reactive ketones (excluding diaryl/α,β-unsaturated/α-hetero) is 1. The van der Waals surface area contributed by atoms with E-state index < -0.39 is 94.2 Å². The lowest BCUT2D eigenvalue weighted by Gasteiger charge is -2.53. The van der Waals surface area contributed by atoms with Gasteiger partial charge in [-0.15, -0.1) is 0 Å². The first-order chi connectivity index (χ1) is 20.9. The Balaban J connectivity index is 1.84. The smallest absolute Gasteiger partial charge is 0.202 e. The summed E-state index contributed by atoms with van der Waals surface area (Å²) in [4.78, 5) is 41.9. The number of phenols is 2. The van der Waals surface area contributed by atoms with E-state index in [2.05, 4.69) is 0 Å². The molecule has 7 atom stereocenters. The molecule has 0 aromatic heterocycles. The standard InChI is InChI=1S/C33H41NO11/c1-11-12(2)19-22(30(43-8)13(11)3)27(39)20-21(26(19)38)29(41)24-23(28(20)40)31(45-18-9-16(34)25(37)15(5)44-18)14(4)33(42,17(36)10-35)32(24,6)7/h14-16,18,25,31,35,37,40-42H,9-10,34H2,1-8H3/t14?,15-,16-,18-,25+,31-,33+/m0/s1. The van der Waals surface area contributed by atoms with Gasteiger partial charge in [0.05, 0.1) is 42.1 Å². The first-order valence-corrected chi connectivity index (χ1v) is 14.9. The Morgan fingerprint density at radius 3 is 2.11 bits per heavy atom. The van der Waals surface area contributed by atoms with Crippen LogP contribution in [0.2, 0.25) is 0 Å². The third-order valence-electron chi connectivity index (χ3n) is 10.5. The number of rotatable bonds is 5. The predicted octanol–water partition coefficient (Wildman–Crippen LogP) is 1.91. The van der Waals surface area contributed by atoms with Crippen molar-refractivity contribution in [2.75, 3.05) is 13.7 Å². The lowest BCUT2D eigenvalue weighted by molar-refractivity contribution is -0.260. The molecule has 0 spiro atoms. The van der Waals surface area contributed by atoms with Gasteiger partial charge in [-0.2, -0.15) is 0 Å². The van der Waals surface area contributed by atoms with E-state index in [1.807, 2.05) is 0 Å². The number of carbonyl (C=O) groups is 3. The molecule has 5 rings (SSSR count). The van der Waals surface area contributed by atoms with E-state index in [-0.39, 0.29) is 34.4 Å². The summed E-state index contributed by atoms with van der Waals surface area (Å²) < 4.78 is 17.7. The van der Waals surface area contributed by atoms with Crippen LogP contribution in [0.25, 0.3) is 0 Å². The highest BCUT2D eigenvalue weighted by atomic mass is 16.7. The maximum atomic E-state index is 14.3. The van der Waals surface area contributed by atoms with Crippen molar-refractivity contribution in [2.24, 2.45) is 11.7 Å². The van der Waals surface area contributed by atoms with Gasteiger partial charge < -0.3 is 45.5 Å². The van der Waals surface area contributed by atoms with Gasteiger partial charge in [-0.05, 0) is 44.4 Å². The maximum absolute atomic E-state index is 14.3. The Morgan fingerprint density at radius 1 is 0.978 bits per heavy atom. The Bertz CT molecular complexity index is 1630. The van der Waals surface area contributed by atoms with Crippen LogP contribution in [0.15, 0.2) is 0 Å². The number of benzene rings is 2. The number of methoxy groups -OCH3 is 1. The number of aliphatic hydroxyl groups is 3. The summed E-state index contributed by atoms with van der Waals surface area (Å²) in [6.45, 7) is 10.1. The molecular formula is C33H41NO11. The van der Waals surface area contributed by atoms with Crippen LogP contribution in [-0.2, 0) is 19.7 Å². The Morgan fingerprint density at radius 2 is 1.56 bits per heavy atom. The van der Waals surface area contributed by atoms with Crippen molar-refractivity contribution in [3.05, 3.63) is 50.1 Å². The molecule has 7 N–H and O–H groups in total. The van der Waals surface area contributed by atoms with E-state index in [1.54, 1.807) is 27.7 Å². The summed E-state index contributed by atoms with van der Waals surface area (Å²) in [6, 6.07) is -0.754. The molecule has 0 saturated carbocycles. The van der Waals surface area contributed by atoms with Gasteiger partial charge in [-0.3, -0.25) is 14.4 Å². The number of ketones is 3. The Kier molecular flexibility index (Phi) is 7.96. The number of hydrogen-bond acceptors (Lipinski definition) is 12. The molecule has 2 aliphatic carbocycles. The summed E-state index contributed by atoms with van der Waals surface area (Å²) in [5, 5.41) is 56.4. The highest BCUT2D eigenvalue weighted by Crippen LogP contribution is 2.61. The van der Waals surface area contributed by atoms with E-state index in [1.165, 1.54) is 27.9 Å². The van der Waals surface area contributed by atoms with Crippen LogP contribution >= 0.6 is 0 Å². The van der Waals surface area contributed by atoms with Crippen LogP contribution in [0.1, 0.15) is 99.9 Å². The quantitative estimate of drug-likeness (QED) is 0.224. The Hall–Kier alpha value is -3.39. The largest absolute Gasteiger partial charge is 0.507 e. The van der Waals surface area contributed by atoms with Crippen LogP contribution in [0.3, 0.4) is 0 Å². The number of ether oxygens (including phenoxy) is 3. The first kappa shape index (κ1) is 33.0. The lowest BCUT2D eigenvalue weighted by Crippen LogP contribution is -2.64. The van der Waals surface area contributed by atoms with Crippen molar-refractivity contribution in [1.29, 1.82) is 0 Å². The zero-order chi connectivity index (χ0) is 33.7. The van der Waals surface area contributed by atoms with Crippen molar-refractivity contribution in [3.8, 4) is 17.2 Å². The Labute approximate surface area is 260 Å². The minimum absolute atomic E-state index is 0.00257. The van der Waals surface area contributed by atoms with Gasteiger partial charge in [0.1, 0.15) is 29.5 Å². The second kappa shape index (κ2) is 10.9. The summed E-state index contributed by atoms with van der Waals surface area (Å²) in [5.74, 6) is -4.91. The third-order valence-corrected chi connectivity index (χ3v) is 10.5. The number of nitrogens with two attached hydrogens (primary N) is 1. The van der Waals surface area contributed by atoms with Gasteiger partial charge in [-0.1, -0.05) is 20.8 Å². The molecule has 0 bridgehead atoms. The van der Waals surface area contributed by atoms with Crippen molar-refractivity contribution in [1.82, 2.24) is 0 Å². The van der Waals surface area contributed by atoms with Crippen molar-refractivity contribution in [3.63, 3.8) is 0 Å². The summed E-state index contributed by atoms with van der Waals surface area (Å²) in [7, 11) is 1.37. The zero-order valence-electron chi connectivity index (χ0n) is 26.6. The van der Waals surface area contributed by atoms with E-state index >= 15 is 0 Å². The first-order valence-electron chi connectivity index (χ1n) is 14.9. The molecule has 1 unspecified atom stereocenters. The van der Waals surface area contributed by atoms with Crippen LogP contribution in [0, 0.1) is 26.7 Å². The summed E-state index contributed by atoms with van der Waals surface area (Å²) in [5.41, 5.74) is 2.50. The molecule has 1 heterocycles. The van der Waals surface area contributed by atoms with Crippen LogP contribution in [0.5, 0.6) is 17.2 Å². The number of carbonyl (C=O) groups excluding carboxylic acids is 3. The second-order valence-corrected chi connectivity index (χ2v) is 13.0. The number of phenolic OH excluding ortho intramolecular Hbond substituents is 2. The number of hydrogen-bond donors (Lipinski definition) is 6. The fourth-order valence-corrected chi connectivity index (χ4v) is 7.70. The fourth-order valence-electron chi connectivity index (χ4n) is 7.70. The molecule has 244 valence electrons. The van der Waals surface area contributed by atoms with Crippen LogP contribution in [0.4, 0.5) is 0 Å². The normalized spacial score (nSPS) is 30.4. The highest BCUT2D eigenvalue weighted by molar-refractivity contribution is 6.32. The van der Waals surface area contributed by atoms with Crippen molar-refractivity contribution in [2.45, 2.75) is 96.5 Å². The van der Waals surface area contributed by atoms with E-state index in [0.29, 0.717) is 16.7 Å². The third kappa shape index (κ3) is 4.23. The predicted molar refractivity (Wildman–Crippen MR) is 160 cm³/mol. The zero-order valence-corrected chi connectivity index (χ0v) is 26.6. The molecule has 12 nitrogen and oxygen atoms in total. The molecule has 2 aromatic rings. The number of aromatic hydroxyl groups is 2. The monoisotopic (exact) mass is 627 g/mol. The minimum Gasteiger partial charge on any atom is -0.507 e. The van der Waals surface area contributed by atoms with Gasteiger partial charge in [0, 0.05) is 40.5 Å². The average molecular weight is 628 g/mol. The van der Waals surface area contributed by atoms with Crippen molar-refractivity contribution >= 4 is 17.3 Å². The van der Waals surface area contributed by atoms with Gasteiger partial charge in [0.2, 0.25) is 5.78 Å². The lowest BCUT2D eigenvalue weighted by atomic mass is 9.54. The molecule has 45 heavy (non-hydrogen) atoms. The summed E-state index contributed by atoms with van der Waals surface area (Å²) in [6.07, 6.45) is -4.27. The highest BCUT2D eigenvalue weighted by Gasteiger charge is 2.63. The SMILES string of the molecule is COc1c(C)c(C)c(C)c2c1C(=O)c1c(O)c3c(c(O)c1C2=O)C(C)(C)[C@](O)(C(=O)CO)C(C)[C@@H]3O[C@H]1C[C@H](N)[C@H](O)[C@H](C)O1. The van der Waals surface area contributed by atoms with Gasteiger partial charge in [-0.25, -0.2) is 0 Å².